The molecule has 0 saturated carbocycles. The Morgan fingerprint density at radius 1 is 1.38 bits per heavy atom. The van der Waals surface area contributed by atoms with E-state index in [0.29, 0.717) is 13.1 Å². The summed E-state index contributed by atoms with van der Waals surface area (Å²) < 4.78 is 0. The van der Waals surface area contributed by atoms with Crippen molar-refractivity contribution in [2.45, 2.75) is 20.8 Å². The minimum atomic E-state index is 0.544. The van der Waals surface area contributed by atoms with Gasteiger partial charge in [-0.1, -0.05) is 26.1 Å². The molecule has 0 aliphatic carbocycles. The van der Waals surface area contributed by atoms with E-state index in [9.17, 15) is 4.79 Å². The summed E-state index contributed by atoms with van der Waals surface area (Å²) in [6, 6.07) is 0. The molecule has 3 nitrogen and oxygen atoms in total. The summed E-state index contributed by atoms with van der Waals surface area (Å²) in [4.78, 5) is 14.6. The fraction of sp³-hybridized carbons (Fsp3) is 0.778. The third-order valence-electron chi connectivity index (χ3n) is 1.39. The maximum absolute atomic E-state index is 10.3. The van der Waals surface area contributed by atoms with Crippen LogP contribution in [0.1, 0.15) is 20.8 Å². The highest BCUT2D eigenvalue weighted by molar-refractivity contribution is 7.80. The first-order valence-corrected chi connectivity index (χ1v) is 4.92. The molecule has 1 amide bonds. The van der Waals surface area contributed by atoms with Crippen LogP contribution in [0.25, 0.3) is 0 Å². The van der Waals surface area contributed by atoms with Crippen LogP contribution in [-0.4, -0.2) is 48.4 Å². The van der Waals surface area contributed by atoms with Crippen LogP contribution in [-0.2, 0) is 4.79 Å². The van der Waals surface area contributed by atoms with Gasteiger partial charge in [-0.3, -0.25) is 4.79 Å². The first-order valence-electron chi connectivity index (χ1n) is 4.51. The maximum Gasteiger partial charge on any atom is 0.210 e. The van der Waals surface area contributed by atoms with Gasteiger partial charge in [0.15, 0.2) is 0 Å². The van der Waals surface area contributed by atoms with Crippen LogP contribution in [0.4, 0.5) is 0 Å². The van der Waals surface area contributed by atoms with E-state index in [1.54, 1.807) is 4.90 Å². The predicted octanol–water partition coefficient (Wildman–Crippen LogP) is 1.38. The monoisotopic (exact) mass is 204 g/mol. The van der Waals surface area contributed by atoms with Crippen LogP contribution < -0.4 is 0 Å². The lowest BCUT2D eigenvalue weighted by Gasteiger charge is -2.19. The molecule has 0 saturated heterocycles. The molecule has 0 N–H and O–H groups in total. The zero-order chi connectivity index (χ0) is 10.9. The molecule has 0 heterocycles. The van der Waals surface area contributed by atoms with Gasteiger partial charge in [0.1, 0.15) is 0 Å². The molecule has 0 fully saturated rings. The van der Waals surface area contributed by atoms with E-state index in [0.717, 1.165) is 11.4 Å². The predicted molar refractivity (Wildman–Crippen MR) is 60.9 cm³/mol. The fourth-order valence-electron chi connectivity index (χ4n) is 0.539. The third kappa shape index (κ3) is 7.71. The number of thiocarbonyl (C=S) groups is 1. The van der Waals surface area contributed by atoms with E-state index >= 15 is 0 Å². The molecule has 78 valence electrons. The smallest absolute Gasteiger partial charge is 0.210 e. The lowest BCUT2D eigenvalue weighted by molar-refractivity contribution is -0.117. The molecule has 0 unspecified atom stereocenters. The Bertz CT molecular complexity index is 149. The molecule has 4 heteroatoms. The standard InChI is InChI=1S/C7H14N2OS.C2H6/c1-4-9(6-10)5-7(11)8(2)3;1-2/h6H,4-5H2,1-3H3;1-2H3. The summed E-state index contributed by atoms with van der Waals surface area (Å²) in [5.41, 5.74) is 0. The Hall–Kier alpha value is -0.640. The van der Waals surface area contributed by atoms with Gasteiger partial charge in [-0.25, -0.2) is 0 Å². The van der Waals surface area contributed by atoms with Gasteiger partial charge in [0.25, 0.3) is 0 Å². The molecule has 0 aliphatic rings. The van der Waals surface area contributed by atoms with E-state index in [1.807, 2.05) is 39.8 Å². The number of carbonyl (C=O) groups is 1. The van der Waals surface area contributed by atoms with Gasteiger partial charge in [0, 0.05) is 20.6 Å². The van der Waals surface area contributed by atoms with Crippen molar-refractivity contribution in [3.63, 3.8) is 0 Å². The molecular formula is C9H20N2OS. The summed E-state index contributed by atoms with van der Waals surface area (Å²) in [5.74, 6) is 0. The number of rotatable bonds is 4. The van der Waals surface area contributed by atoms with Gasteiger partial charge in [-0.2, -0.15) is 0 Å². The van der Waals surface area contributed by atoms with Gasteiger partial charge < -0.3 is 9.80 Å². The minimum Gasteiger partial charge on any atom is -0.371 e. The van der Waals surface area contributed by atoms with E-state index in [4.69, 9.17) is 12.2 Å². The lowest BCUT2D eigenvalue weighted by atomic mass is 10.5. The maximum atomic E-state index is 10.3. The van der Waals surface area contributed by atoms with Crippen LogP contribution in [0.2, 0.25) is 0 Å². The minimum absolute atomic E-state index is 0.544. The second kappa shape index (κ2) is 9.45. The Kier molecular flexibility index (Phi) is 10.8. The van der Waals surface area contributed by atoms with Gasteiger partial charge in [0.2, 0.25) is 6.41 Å². The summed E-state index contributed by atoms with van der Waals surface area (Å²) in [5, 5.41) is 0. The van der Waals surface area contributed by atoms with E-state index < -0.39 is 0 Å². The Balaban J connectivity index is 0. The topological polar surface area (TPSA) is 23.6 Å². The first kappa shape index (κ1) is 14.9. The highest BCUT2D eigenvalue weighted by atomic mass is 32.1. The second-order valence-electron chi connectivity index (χ2n) is 2.46. The lowest BCUT2D eigenvalue weighted by Crippen LogP contribution is -2.34. The van der Waals surface area contributed by atoms with Crippen molar-refractivity contribution in [1.82, 2.24) is 9.80 Å². The van der Waals surface area contributed by atoms with Crippen molar-refractivity contribution in [2.75, 3.05) is 27.2 Å². The molecule has 13 heavy (non-hydrogen) atoms. The molecule has 0 rings (SSSR count). The van der Waals surface area contributed by atoms with Crippen molar-refractivity contribution < 1.29 is 4.79 Å². The van der Waals surface area contributed by atoms with Crippen LogP contribution in [0, 0.1) is 0 Å². The summed E-state index contributed by atoms with van der Waals surface area (Å²) in [7, 11) is 3.75. The average Bonchev–Trinajstić information content (AvgIpc) is 2.16. The van der Waals surface area contributed by atoms with Crippen molar-refractivity contribution in [2.24, 2.45) is 0 Å². The first-order chi connectivity index (χ1) is 6.11. The Morgan fingerprint density at radius 3 is 2.08 bits per heavy atom. The van der Waals surface area contributed by atoms with E-state index in [-0.39, 0.29) is 0 Å². The number of nitrogens with zero attached hydrogens (tertiary/aromatic N) is 2. The SMILES string of the molecule is CC.CCN(C=O)CC(=S)N(C)C. The molecule has 0 bridgehead atoms. The summed E-state index contributed by atoms with van der Waals surface area (Å²) in [6.45, 7) is 7.17. The average molecular weight is 204 g/mol. The largest absolute Gasteiger partial charge is 0.371 e. The highest BCUT2D eigenvalue weighted by Crippen LogP contribution is 1.88. The van der Waals surface area contributed by atoms with Crippen molar-refractivity contribution in [3.8, 4) is 0 Å². The van der Waals surface area contributed by atoms with Crippen LogP contribution in [0.3, 0.4) is 0 Å². The van der Waals surface area contributed by atoms with Crippen molar-refractivity contribution in [3.05, 3.63) is 0 Å². The number of likely N-dealkylation sites (N-methyl/N-ethyl adjacent to an activating group) is 2. The Morgan fingerprint density at radius 2 is 1.85 bits per heavy atom. The zero-order valence-corrected chi connectivity index (χ0v) is 10.0. The van der Waals surface area contributed by atoms with Gasteiger partial charge in [-0.05, 0) is 6.92 Å². The van der Waals surface area contributed by atoms with Gasteiger partial charge >= 0.3 is 0 Å². The van der Waals surface area contributed by atoms with Crippen molar-refractivity contribution >= 4 is 23.6 Å². The second-order valence-corrected chi connectivity index (χ2v) is 2.93. The molecule has 0 aliphatic heterocycles. The van der Waals surface area contributed by atoms with Gasteiger partial charge in [-0.15, -0.1) is 0 Å². The number of carbonyl (C=O) groups excluding carboxylic acids is 1. The van der Waals surface area contributed by atoms with Crippen molar-refractivity contribution in [1.29, 1.82) is 0 Å². The highest BCUT2D eigenvalue weighted by Gasteiger charge is 2.03. The van der Waals surface area contributed by atoms with Crippen LogP contribution in [0.15, 0.2) is 0 Å². The normalized spacial score (nSPS) is 8.08. The Labute approximate surface area is 86.7 Å². The van der Waals surface area contributed by atoms with E-state index in [2.05, 4.69) is 0 Å². The quantitative estimate of drug-likeness (QED) is 0.510. The summed E-state index contributed by atoms with van der Waals surface area (Å²) >= 11 is 5.01. The number of hydrogen-bond acceptors (Lipinski definition) is 2. The van der Waals surface area contributed by atoms with E-state index in [1.165, 1.54) is 0 Å². The van der Waals surface area contributed by atoms with Crippen LogP contribution in [0.5, 0.6) is 0 Å². The molecule has 0 atom stereocenters. The molecule has 0 radical (unpaired) electrons. The number of amides is 1. The summed E-state index contributed by atoms with van der Waals surface area (Å²) in [6.07, 6.45) is 0.815. The molecule has 0 spiro atoms. The third-order valence-corrected chi connectivity index (χ3v) is 1.89. The molecule has 0 aromatic heterocycles. The zero-order valence-electron chi connectivity index (χ0n) is 9.20. The number of hydrogen-bond donors (Lipinski definition) is 0. The van der Waals surface area contributed by atoms with Gasteiger partial charge in [0.05, 0.1) is 11.5 Å². The molecular weight excluding hydrogens is 184 g/mol. The fourth-order valence-corrected chi connectivity index (χ4v) is 0.705. The van der Waals surface area contributed by atoms with Crippen LogP contribution >= 0.6 is 12.2 Å². The molecule has 0 aromatic rings. The molecule has 0 aromatic carbocycles.